The summed E-state index contributed by atoms with van der Waals surface area (Å²) in [7, 11) is 5.00. The summed E-state index contributed by atoms with van der Waals surface area (Å²) in [5.74, 6) is 0.733. The molecule has 38 heavy (non-hydrogen) atoms. The highest BCUT2D eigenvalue weighted by Crippen LogP contribution is 2.66. The number of fused-ring (bicyclic) bond motifs is 3. The fourth-order valence-electron chi connectivity index (χ4n) is 6.16. The zero-order valence-corrected chi connectivity index (χ0v) is 23.2. The monoisotopic (exact) mass is 569 g/mol. The van der Waals surface area contributed by atoms with Gasteiger partial charge in [-0.15, -0.1) is 0 Å². The average Bonchev–Trinajstić information content (AvgIpc) is 3.64. The standard InChI is InChI=1S/C27H24ClN3O5S2/c1-30-14-19(15-6-9-21(34-2)22(11-15)35-3)27(24(33)31(25(37)38-27)13-17-5-4-10-36-17)26(30)18-12-16(28)7-8-20(18)29-23(26)32/h4-12,19H,13-14H2,1-3H3,(H,29,32)/t19-,26-,27-/m0/s1. The van der Waals surface area contributed by atoms with E-state index in [0.29, 0.717) is 44.4 Å². The summed E-state index contributed by atoms with van der Waals surface area (Å²) in [4.78, 5) is 32.4. The molecule has 2 fully saturated rings. The maximum atomic E-state index is 14.8. The third-order valence-corrected chi connectivity index (χ3v) is 9.92. The van der Waals surface area contributed by atoms with Gasteiger partial charge >= 0.3 is 0 Å². The highest BCUT2D eigenvalue weighted by molar-refractivity contribution is 8.25. The van der Waals surface area contributed by atoms with E-state index in [0.717, 1.165) is 5.56 Å². The van der Waals surface area contributed by atoms with Crippen molar-refractivity contribution in [2.24, 2.45) is 0 Å². The minimum Gasteiger partial charge on any atom is -0.493 e. The molecule has 4 heterocycles. The number of methoxy groups -OCH3 is 2. The number of likely N-dealkylation sites (N-methyl/N-ethyl adjacent to an activating group) is 1. The maximum absolute atomic E-state index is 14.8. The largest absolute Gasteiger partial charge is 0.493 e. The molecular formula is C27H24ClN3O5S2. The van der Waals surface area contributed by atoms with Crippen LogP contribution in [0.5, 0.6) is 11.5 Å². The third kappa shape index (κ3) is 3.24. The van der Waals surface area contributed by atoms with Crippen molar-refractivity contribution in [3.05, 3.63) is 76.7 Å². The number of halogens is 1. The van der Waals surface area contributed by atoms with E-state index < -0.39 is 16.2 Å². The van der Waals surface area contributed by atoms with E-state index in [1.807, 2.05) is 30.1 Å². The predicted octanol–water partition coefficient (Wildman–Crippen LogP) is 4.63. The van der Waals surface area contributed by atoms with Crippen LogP contribution in [0.15, 0.2) is 59.2 Å². The Morgan fingerprint density at radius 1 is 1.16 bits per heavy atom. The minimum absolute atomic E-state index is 0.169. The molecule has 6 rings (SSSR count). The number of ether oxygens (including phenoxy) is 2. The number of carbonyl (C=O) groups excluding carboxylic acids is 2. The van der Waals surface area contributed by atoms with Gasteiger partial charge in [0.05, 0.1) is 27.0 Å². The van der Waals surface area contributed by atoms with Crippen LogP contribution in [0.4, 0.5) is 5.69 Å². The van der Waals surface area contributed by atoms with Gasteiger partial charge < -0.3 is 19.2 Å². The Morgan fingerprint density at radius 3 is 2.66 bits per heavy atom. The van der Waals surface area contributed by atoms with Gasteiger partial charge in [-0.2, -0.15) is 0 Å². The number of amides is 2. The van der Waals surface area contributed by atoms with Gasteiger partial charge in [0.1, 0.15) is 14.8 Å². The smallest absolute Gasteiger partial charge is 0.251 e. The second-order valence-electron chi connectivity index (χ2n) is 9.48. The van der Waals surface area contributed by atoms with Gasteiger partial charge in [-0.1, -0.05) is 41.6 Å². The van der Waals surface area contributed by atoms with E-state index in [1.54, 1.807) is 55.7 Å². The number of furan rings is 1. The fraction of sp³-hybridized carbons (Fsp3) is 0.296. The number of rotatable bonds is 5. The van der Waals surface area contributed by atoms with E-state index in [9.17, 15) is 9.59 Å². The summed E-state index contributed by atoms with van der Waals surface area (Å²) < 4.78 is 15.6. The predicted molar refractivity (Wildman–Crippen MR) is 149 cm³/mol. The maximum Gasteiger partial charge on any atom is 0.251 e. The molecule has 2 spiro atoms. The van der Waals surface area contributed by atoms with Crippen LogP contribution in [0.2, 0.25) is 5.02 Å². The number of nitrogens with one attached hydrogen (secondary N) is 1. The quantitative estimate of drug-likeness (QED) is 0.446. The Hall–Kier alpha value is -3.05. The number of thioether (sulfide) groups is 1. The molecule has 0 bridgehead atoms. The lowest BCUT2D eigenvalue weighted by Crippen LogP contribution is -2.61. The number of nitrogens with zero attached hydrogens (tertiary/aromatic N) is 2. The summed E-state index contributed by atoms with van der Waals surface area (Å²) in [6, 6.07) is 14.4. The van der Waals surface area contributed by atoms with Crippen molar-refractivity contribution in [1.29, 1.82) is 0 Å². The van der Waals surface area contributed by atoms with Crippen LogP contribution < -0.4 is 14.8 Å². The number of carbonyl (C=O) groups is 2. The average molecular weight is 570 g/mol. The molecule has 0 aliphatic carbocycles. The number of benzene rings is 2. The van der Waals surface area contributed by atoms with Crippen LogP contribution in [0.1, 0.15) is 22.8 Å². The van der Waals surface area contributed by atoms with Crippen LogP contribution in [0.3, 0.4) is 0 Å². The number of anilines is 1. The van der Waals surface area contributed by atoms with Crippen molar-refractivity contribution < 1.29 is 23.5 Å². The van der Waals surface area contributed by atoms with Gasteiger partial charge in [-0.25, -0.2) is 0 Å². The van der Waals surface area contributed by atoms with Crippen molar-refractivity contribution in [1.82, 2.24) is 9.80 Å². The molecule has 3 aliphatic rings. The first-order chi connectivity index (χ1) is 18.3. The minimum atomic E-state index is -1.37. The first-order valence-electron chi connectivity index (χ1n) is 11.9. The highest BCUT2D eigenvalue weighted by Gasteiger charge is 2.77. The van der Waals surface area contributed by atoms with Crippen molar-refractivity contribution in [2.75, 3.05) is 33.1 Å². The zero-order chi connectivity index (χ0) is 26.8. The fourth-order valence-corrected chi connectivity index (χ4v) is 8.46. The molecule has 2 amide bonds. The lowest BCUT2D eigenvalue weighted by atomic mass is 9.72. The second-order valence-corrected chi connectivity index (χ2v) is 11.8. The lowest BCUT2D eigenvalue weighted by molar-refractivity contribution is -0.138. The van der Waals surface area contributed by atoms with Crippen molar-refractivity contribution in [2.45, 2.75) is 22.7 Å². The molecular weight excluding hydrogens is 546 g/mol. The van der Waals surface area contributed by atoms with Gasteiger partial charge in [0.15, 0.2) is 17.0 Å². The molecule has 2 saturated heterocycles. The third-order valence-electron chi connectivity index (χ3n) is 7.74. The summed E-state index contributed by atoms with van der Waals surface area (Å²) in [6.07, 6.45) is 1.56. The van der Waals surface area contributed by atoms with Crippen LogP contribution >= 0.6 is 35.6 Å². The number of thiocarbonyl (C=S) groups is 1. The Labute approximate surface area is 234 Å². The van der Waals surface area contributed by atoms with Gasteiger partial charge in [-0.05, 0) is 55.1 Å². The van der Waals surface area contributed by atoms with E-state index in [1.165, 1.54) is 11.8 Å². The molecule has 2 aromatic carbocycles. The molecule has 3 aliphatic heterocycles. The topological polar surface area (TPSA) is 84.3 Å². The molecule has 1 N–H and O–H groups in total. The first-order valence-corrected chi connectivity index (χ1v) is 13.5. The molecule has 3 atom stereocenters. The van der Waals surface area contributed by atoms with Gasteiger partial charge in [0.25, 0.3) is 5.91 Å². The van der Waals surface area contributed by atoms with E-state index in [-0.39, 0.29) is 18.4 Å². The Bertz CT molecular complexity index is 1480. The summed E-state index contributed by atoms with van der Waals surface area (Å²) in [6.45, 7) is 0.576. The lowest BCUT2D eigenvalue weighted by Gasteiger charge is -2.41. The SMILES string of the molecule is COc1ccc([C@@H]2CN(C)[C@@]3(C(=O)Nc4ccc(Cl)cc43)[C@]23SC(=S)N(Cc2ccco2)C3=O)cc1OC. The van der Waals surface area contributed by atoms with Gasteiger partial charge in [0.2, 0.25) is 5.91 Å². The van der Waals surface area contributed by atoms with E-state index >= 15 is 0 Å². The molecule has 196 valence electrons. The Kier molecular flexibility index (Phi) is 5.99. The Balaban J connectivity index is 1.59. The summed E-state index contributed by atoms with van der Waals surface area (Å²) >= 11 is 13.5. The van der Waals surface area contributed by atoms with E-state index in [4.69, 9.17) is 37.7 Å². The molecule has 8 nitrogen and oxygen atoms in total. The summed E-state index contributed by atoms with van der Waals surface area (Å²) in [5.41, 5.74) is 0.749. The van der Waals surface area contributed by atoms with Crippen LogP contribution in [-0.4, -0.2) is 58.5 Å². The normalized spacial score (nSPS) is 26.5. The van der Waals surface area contributed by atoms with Gasteiger partial charge in [-0.3, -0.25) is 19.4 Å². The number of likely N-dealkylation sites (tertiary alicyclic amines) is 1. The van der Waals surface area contributed by atoms with Crippen LogP contribution in [0, 0.1) is 0 Å². The van der Waals surface area contributed by atoms with Crippen molar-refractivity contribution in [3.8, 4) is 11.5 Å². The van der Waals surface area contributed by atoms with Crippen molar-refractivity contribution in [3.63, 3.8) is 0 Å². The Morgan fingerprint density at radius 2 is 1.95 bits per heavy atom. The van der Waals surface area contributed by atoms with E-state index in [2.05, 4.69) is 5.32 Å². The molecule has 1 aromatic heterocycles. The first kappa shape index (κ1) is 25.2. The van der Waals surface area contributed by atoms with Crippen LogP contribution in [0.25, 0.3) is 0 Å². The molecule has 3 aromatic rings. The van der Waals surface area contributed by atoms with Crippen molar-refractivity contribution >= 4 is 57.4 Å². The highest BCUT2D eigenvalue weighted by atomic mass is 35.5. The number of hydrogen-bond acceptors (Lipinski definition) is 8. The molecule has 11 heteroatoms. The second kappa shape index (κ2) is 9.01. The van der Waals surface area contributed by atoms with Gasteiger partial charge in [0, 0.05) is 28.7 Å². The van der Waals surface area contributed by atoms with Crippen LogP contribution in [-0.2, 0) is 21.7 Å². The summed E-state index contributed by atoms with van der Waals surface area (Å²) in [5, 5.41) is 3.49. The molecule has 0 radical (unpaired) electrons. The molecule has 0 saturated carbocycles. The number of hydrogen-bond donors (Lipinski definition) is 1. The molecule has 0 unspecified atom stereocenters. The zero-order valence-electron chi connectivity index (χ0n) is 20.8.